The summed E-state index contributed by atoms with van der Waals surface area (Å²) in [6, 6.07) is 7.49. The predicted molar refractivity (Wildman–Crippen MR) is 71.1 cm³/mol. The Morgan fingerprint density at radius 2 is 2.29 bits per heavy atom. The molecule has 0 aliphatic heterocycles. The lowest BCUT2D eigenvalue weighted by Crippen LogP contribution is -2.15. The molecule has 0 radical (unpaired) electrons. The number of benzene rings is 1. The van der Waals surface area contributed by atoms with Gasteiger partial charge < -0.3 is 5.32 Å². The van der Waals surface area contributed by atoms with Crippen molar-refractivity contribution in [1.82, 2.24) is 0 Å². The molecule has 0 heterocycles. The SMILES string of the molecule is N#Cc1ccc(Cl)cc1NCC1CC=CCC1. The van der Waals surface area contributed by atoms with Crippen LogP contribution in [0.3, 0.4) is 0 Å². The summed E-state index contributed by atoms with van der Waals surface area (Å²) in [6.45, 7) is 0.902. The summed E-state index contributed by atoms with van der Waals surface area (Å²) >= 11 is 5.93. The molecule has 1 N–H and O–H groups in total. The predicted octanol–water partition coefficient (Wildman–Crippen LogP) is 3.98. The van der Waals surface area contributed by atoms with Gasteiger partial charge in [-0.15, -0.1) is 0 Å². The van der Waals surface area contributed by atoms with Crippen molar-refractivity contribution < 1.29 is 0 Å². The van der Waals surface area contributed by atoms with Crippen LogP contribution < -0.4 is 5.32 Å². The maximum atomic E-state index is 9.00. The van der Waals surface area contributed by atoms with Gasteiger partial charge in [0, 0.05) is 11.6 Å². The highest BCUT2D eigenvalue weighted by molar-refractivity contribution is 6.30. The van der Waals surface area contributed by atoms with Crippen LogP contribution in [0.5, 0.6) is 0 Å². The van der Waals surface area contributed by atoms with Gasteiger partial charge in [0.1, 0.15) is 6.07 Å². The third kappa shape index (κ3) is 3.25. The first kappa shape index (κ1) is 12.0. The van der Waals surface area contributed by atoms with E-state index in [0.29, 0.717) is 16.5 Å². The molecule has 17 heavy (non-hydrogen) atoms. The van der Waals surface area contributed by atoms with Crippen LogP contribution in [0.2, 0.25) is 5.02 Å². The highest BCUT2D eigenvalue weighted by Gasteiger charge is 2.10. The van der Waals surface area contributed by atoms with Crippen LogP contribution in [-0.4, -0.2) is 6.54 Å². The molecule has 0 spiro atoms. The molecule has 1 aliphatic rings. The van der Waals surface area contributed by atoms with Gasteiger partial charge in [-0.1, -0.05) is 23.8 Å². The normalized spacial score (nSPS) is 18.7. The van der Waals surface area contributed by atoms with Crippen molar-refractivity contribution in [3.05, 3.63) is 40.9 Å². The van der Waals surface area contributed by atoms with Gasteiger partial charge in [-0.25, -0.2) is 0 Å². The van der Waals surface area contributed by atoms with E-state index in [9.17, 15) is 0 Å². The standard InChI is InChI=1S/C14H15ClN2/c15-13-7-6-12(9-16)14(8-13)17-10-11-4-2-1-3-5-11/h1-2,6-8,11,17H,3-5,10H2. The molecule has 2 nitrogen and oxygen atoms in total. The molecule has 1 unspecified atom stereocenters. The number of halogens is 1. The highest BCUT2D eigenvalue weighted by Crippen LogP contribution is 2.23. The molecular formula is C14H15ClN2. The molecule has 2 rings (SSSR count). The Balaban J connectivity index is 2.00. The Labute approximate surface area is 107 Å². The molecule has 0 saturated heterocycles. The molecule has 0 aromatic heterocycles. The second-order valence-corrected chi connectivity index (χ2v) is 4.77. The van der Waals surface area contributed by atoms with Gasteiger partial charge in [-0.05, 0) is 43.4 Å². The third-order valence-corrected chi connectivity index (χ3v) is 3.30. The lowest BCUT2D eigenvalue weighted by atomic mass is 9.94. The van der Waals surface area contributed by atoms with Crippen molar-refractivity contribution in [1.29, 1.82) is 5.26 Å². The van der Waals surface area contributed by atoms with Crippen molar-refractivity contribution in [2.75, 3.05) is 11.9 Å². The van der Waals surface area contributed by atoms with Crippen molar-refractivity contribution >= 4 is 17.3 Å². The van der Waals surface area contributed by atoms with Gasteiger partial charge in [0.25, 0.3) is 0 Å². The number of nitrogens with zero attached hydrogens (tertiary/aromatic N) is 1. The summed E-state index contributed by atoms with van der Waals surface area (Å²) in [5, 5.41) is 13.0. The third-order valence-electron chi connectivity index (χ3n) is 3.06. The van der Waals surface area contributed by atoms with Gasteiger partial charge in [-0.2, -0.15) is 5.26 Å². The molecule has 88 valence electrons. The quantitative estimate of drug-likeness (QED) is 0.819. The van der Waals surface area contributed by atoms with Crippen LogP contribution in [0.25, 0.3) is 0 Å². The number of rotatable bonds is 3. The Bertz CT molecular complexity index is 460. The maximum Gasteiger partial charge on any atom is 0.101 e. The van der Waals surface area contributed by atoms with Crippen LogP contribution in [-0.2, 0) is 0 Å². The van der Waals surface area contributed by atoms with E-state index in [1.807, 2.05) is 6.07 Å². The van der Waals surface area contributed by atoms with E-state index in [4.69, 9.17) is 16.9 Å². The Kier molecular flexibility index (Phi) is 4.06. The van der Waals surface area contributed by atoms with E-state index in [-0.39, 0.29) is 0 Å². The minimum absolute atomic E-state index is 0.653. The van der Waals surface area contributed by atoms with Crippen LogP contribution in [0.1, 0.15) is 24.8 Å². The smallest absolute Gasteiger partial charge is 0.101 e. The van der Waals surface area contributed by atoms with Crippen LogP contribution in [0.15, 0.2) is 30.4 Å². The molecule has 1 aromatic carbocycles. The molecule has 0 fully saturated rings. The fourth-order valence-electron chi connectivity index (χ4n) is 2.06. The zero-order valence-corrected chi connectivity index (χ0v) is 10.4. The Hall–Kier alpha value is -1.46. The molecule has 0 saturated carbocycles. The number of hydrogen-bond donors (Lipinski definition) is 1. The fourth-order valence-corrected chi connectivity index (χ4v) is 2.23. The van der Waals surface area contributed by atoms with Gasteiger partial charge in [-0.3, -0.25) is 0 Å². The van der Waals surface area contributed by atoms with E-state index in [2.05, 4.69) is 23.5 Å². The zero-order chi connectivity index (χ0) is 12.1. The molecule has 3 heteroatoms. The number of allylic oxidation sites excluding steroid dienone is 2. The second-order valence-electron chi connectivity index (χ2n) is 4.33. The Morgan fingerprint density at radius 1 is 1.41 bits per heavy atom. The minimum Gasteiger partial charge on any atom is -0.384 e. The van der Waals surface area contributed by atoms with Crippen LogP contribution >= 0.6 is 11.6 Å². The topological polar surface area (TPSA) is 35.8 Å². The fraction of sp³-hybridized carbons (Fsp3) is 0.357. The molecule has 0 amide bonds. The summed E-state index contributed by atoms with van der Waals surface area (Å²) in [4.78, 5) is 0. The number of nitriles is 1. The maximum absolute atomic E-state index is 9.00. The van der Waals surface area contributed by atoms with Crippen molar-refractivity contribution in [3.63, 3.8) is 0 Å². The first-order chi connectivity index (χ1) is 8.29. The molecule has 1 aromatic rings. The largest absolute Gasteiger partial charge is 0.384 e. The summed E-state index contributed by atoms with van der Waals surface area (Å²) in [5.41, 5.74) is 1.50. The zero-order valence-electron chi connectivity index (χ0n) is 9.62. The van der Waals surface area contributed by atoms with Crippen LogP contribution in [0, 0.1) is 17.2 Å². The summed E-state index contributed by atoms with van der Waals surface area (Å²) in [6.07, 6.45) is 7.96. The van der Waals surface area contributed by atoms with E-state index in [1.165, 1.54) is 6.42 Å². The van der Waals surface area contributed by atoms with Crippen LogP contribution in [0.4, 0.5) is 5.69 Å². The molecule has 1 atom stereocenters. The first-order valence-corrected chi connectivity index (χ1v) is 6.26. The second kappa shape index (κ2) is 5.75. The van der Waals surface area contributed by atoms with Gasteiger partial charge >= 0.3 is 0 Å². The van der Waals surface area contributed by atoms with E-state index < -0.39 is 0 Å². The number of hydrogen-bond acceptors (Lipinski definition) is 2. The minimum atomic E-state index is 0.653. The summed E-state index contributed by atoms with van der Waals surface area (Å²) in [7, 11) is 0. The van der Waals surface area contributed by atoms with E-state index >= 15 is 0 Å². The summed E-state index contributed by atoms with van der Waals surface area (Å²) in [5.74, 6) is 0.658. The lowest BCUT2D eigenvalue weighted by molar-refractivity contribution is 0.504. The average molecular weight is 247 g/mol. The number of nitrogens with one attached hydrogen (secondary N) is 1. The van der Waals surface area contributed by atoms with E-state index in [1.54, 1.807) is 12.1 Å². The van der Waals surface area contributed by atoms with E-state index in [0.717, 1.165) is 25.1 Å². The van der Waals surface area contributed by atoms with Gasteiger partial charge in [0.2, 0.25) is 0 Å². The highest BCUT2D eigenvalue weighted by atomic mass is 35.5. The van der Waals surface area contributed by atoms with Gasteiger partial charge in [0.15, 0.2) is 0 Å². The molecule has 1 aliphatic carbocycles. The van der Waals surface area contributed by atoms with Crippen molar-refractivity contribution in [2.24, 2.45) is 5.92 Å². The summed E-state index contributed by atoms with van der Waals surface area (Å²) < 4.78 is 0. The lowest BCUT2D eigenvalue weighted by Gasteiger charge is -2.19. The average Bonchev–Trinajstić information content (AvgIpc) is 2.38. The molecular weight excluding hydrogens is 232 g/mol. The Morgan fingerprint density at radius 3 is 3.00 bits per heavy atom. The van der Waals surface area contributed by atoms with Gasteiger partial charge in [0.05, 0.1) is 11.3 Å². The van der Waals surface area contributed by atoms with Crippen molar-refractivity contribution in [3.8, 4) is 6.07 Å². The molecule has 0 bridgehead atoms. The monoisotopic (exact) mass is 246 g/mol. The van der Waals surface area contributed by atoms with Crippen molar-refractivity contribution in [2.45, 2.75) is 19.3 Å². The first-order valence-electron chi connectivity index (χ1n) is 5.88. The number of anilines is 1.